The normalized spacial score (nSPS) is 16.7. The summed E-state index contributed by atoms with van der Waals surface area (Å²) < 4.78 is 11.9. The lowest BCUT2D eigenvalue weighted by molar-refractivity contribution is -0.156. The lowest BCUT2D eigenvalue weighted by atomic mass is 10.1. The van der Waals surface area contributed by atoms with Crippen LogP contribution in [-0.4, -0.2) is 46.5 Å². The number of aromatic nitrogens is 2. The van der Waals surface area contributed by atoms with E-state index in [1.807, 2.05) is 56.0 Å². The van der Waals surface area contributed by atoms with Crippen LogP contribution >= 0.6 is 0 Å². The third-order valence-electron chi connectivity index (χ3n) is 5.06. The molecule has 1 fully saturated rings. The summed E-state index contributed by atoms with van der Waals surface area (Å²) in [5.41, 5.74) is 0.546. The molecule has 1 aromatic heterocycles. The first-order valence-electron chi connectivity index (χ1n) is 10.3. The number of methoxy groups -OCH3 is 1. The molecule has 1 saturated heterocycles. The van der Waals surface area contributed by atoms with E-state index in [0.717, 1.165) is 30.7 Å². The summed E-state index contributed by atoms with van der Waals surface area (Å²) in [5, 5.41) is 14.0. The maximum atomic E-state index is 12.7. The average Bonchev–Trinajstić information content (AvgIpc) is 3.16. The lowest BCUT2D eigenvalue weighted by Crippen LogP contribution is -2.36. The molecular formula is C23H28N4O4. The molecule has 0 spiro atoms. The van der Waals surface area contributed by atoms with Gasteiger partial charge in [-0.15, -0.1) is 0 Å². The van der Waals surface area contributed by atoms with Crippen molar-refractivity contribution in [3.63, 3.8) is 0 Å². The quantitative estimate of drug-likeness (QED) is 0.658. The van der Waals surface area contributed by atoms with Crippen molar-refractivity contribution in [3.8, 4) is 11.8 Å². The van der Waals surface area contributed by atoms with Crippen molar-refractivity contribution in [2.75, 3.05) is 20.2 Å². The molecule has 0 saturated carbocycles. The Balaban J connectivity index is 1.86. The van der Waals surface area contributed by atoms with Crippen LogP contribution in [0.3, 0.4) is 0 Å². The zero-order valence-corrected chi connectivity index (χ0v) is 18.4. The second-order valence-corrected chi connectivity index (χ2v) is 8.62. The van der Waals surface area contributed by atoms with Crippen LogP contribution in [-0.2, 0) is 16.1 Å². The van der Waals surface area contributed by atoms with Gasteiger partial charge in [0.15, 0.2) is 0 Å². The molecule has 8 heteroatoms. The van der Waals surface area contributed by atoms with E-state index in [-0.39, 0.29) is 30.7 Å². The second kappa shape index (κ2) is 9.31. The first-order chi connectivity index (χ1) is 14.7. The van der Waals surface area contributed by atoms with Gasteiger partial charge in [0.1, 0.15) is 23.0 Å². The zero-order chi connectivity index (χ0) is 22.6. The Hall–Kier alpha value is -3.18. The first kappa shape index (κ1) is 22.5. The van der Waals surface area contributed by atoms with Crippen LogP contribution in [0, 0.1) is 11.3 Å². The van der Waals surface area contributed by atoms with Crippen LogP contribution in [0.15, 0.2) is 35.1 Å². The van der Waals surface area contributed by atoms with Gasteiger partial charge in [0, 0.05) is 0 Å². The molecule has 3 rings (SSSR count). The molecule has 0 radical (unpaired) electrons. The summed E-state index contributed by atoms with van der Waals surface area (Å²) in [7, 11) is 1.59. The van der Waals surface area contributed by atoms with Crippen LogP contribution in [0.4, 0.5) is 0 Å². The summed E-state index contributed by atoms with van der Waals surface area (Å²) in [6.45, 7) is 6.62. The highest BCUT2D eigenvalue weighted by atomic mass is 16.6. The summed E-state index contributed by atoms with van der Waals surface area (Å²) >= 11 is 0. The predicted octanol–water partition coefficient (Wildman–Crippen LogP) is 2.65. The molecule has 1 aliphatic rings. The minimum atomic E-state index is -0.551. The number of carbonyl (C=O) groups excluding carboxylic acids is 1. The van der Waals surface area contributed by atoms with E-state index in [9.17, 15) is 14.9 Å². The summed E-state index contributed by atoms with van der Waals surface area (Å²) in [4.78, 5) is 27.0. The van der Waals surface area contributed by atoms with Crippen LogP contribution < -0.4 is 10.3 Å². The van der Waals surface area contributed by atoms with Crippen LogP contribution in [0.25, 0.3) is 0 Å². The average molecular weight is 425 g/mol. The molecule has 31 heavy (non-hydrogen) atoms. The highest BCUT2D eigenvalue weighted by molar-refractivity contribution is 5.72. The number of esters is 1. The van der Waals surface area contributed by atoms with Crippen LogP contribution in [0.5, 0.6) is 5.75 Å². The molecule has 2 aromatic rings. The maximum absolute atomic E-state index is 12.7. The van der Waals surface area contributed by atoms with Gasteiger partial charge in [-0.1, -0.05) is 12.1 Å². The Morgan fingerprint density at radius 2 is 2.00 bits per heavy atom. The number of rotatable bonds is 6. The molecular weight excluding hydrogens is 396 g/mol. The monoisotopic (exact) mass is 424 g/mol. The van der Waals surface area contributed by atoms with Crippen molar-refractivity contribution in [2.45, 2.75) is 51.8 Å². The van der Waals surface area contributed by atoms with Gasteiger partial charge in [-0.3, -0.25) is 14.5 Å². The number of hydrogen-bond acceptors (Lipinski definition) is 7. The third-order valence-corrected chi connectivity index (χ3v) is 5.06. The van der Waals surface area contributed by atoms with Crippen molar-refractivity contribution in [2.24, 2.45) is 0 Å². The summed E-state index contributed by atoms with van der Waals surface area (Å²) in [6.07, 6.45) is 1.69. The third kappa shape index (κ3) is 5.70. The topological polar surface area (TPSA) is 97.4 Å². The van der Waals surface area contributed by atoms with E-state index in [2.05, 4.69) is 5.10 Å². The van der Waals surface area contributed by atoms with E-state index in [4.69, 9.17) is 9.47 Å². The highest BCUT2D eigenvalue weighted by Crippen LogP contribution is 2.30. The molecule has 1 aromatic carbocycles. The zero-order valence-electron chi connectivity index (χ0n) is 18.4. The Bertz CT molecular complexity index is 1030. The van der Waals surface area contributed by atoms with Gasteiger partial charge in [0.25, 0.3) is 5.56 Å². The van der Waals surface area contributed by atoms with E-state index in [0.29, 0.717) is 5.69 Å². The lowest BCUT2D eigenvalue weighted by Gasteiger charge is -2.26. The smallest absolute Gasteiger partial charge is 0.320 e. The molecule has 0 N–H and O–H groups in total. The van der Waals surface area contributed by atoms with Crippen LogP contribution in [0.1, 0.15) is 56.5 Å². The minimum Gasteiger partial charge on any atom is -0.497 e. The largest absolute Gasteiger partial charge is 0.497 e. The molecule has 0 aliphatic carbocycles. The van der Waals surface area contributed by atoms with Gasteiger partial charge >= 0.3 is 5.97 Å². The first-order valence-corrected chi connectivity index (χ1v) is 10.3. The Morgan fingerprint density at radius 1 is 1.29 bits per heavy atom. The molecule has 1 unspecified atom stereocenters. The van der Waals surface area contributed by atoms with Gasteiger partial charge in [-0.2, -0.15) is 10.4 Å². The highest BCUT2D eigenvalue weighted by Gasteiger charge is 2.31. The van der Waals surface area contributed by atoms with Gasteiger partial charge in [-0.25, -0.2) is 4.68 Å². The number of hydrogen-bond donors (Lipinski definition) is 0. The number of nitrogens with zero attached hydrogens (tertiary/aromatic N) is 4. The number of likely N-dealkylation sites (tertiary alicyclic amines) is 1. The van der Waals surface area contributed by atoms with E-state index in [1.54, 1.807) is 13.2 Å². The summed E-state index contributed by atoms with van der Waals surface area (Å²) in [6, 6.07) is 10.7. The number of ether oxygens (including phenoxy) is 2. The van der Waals surface area contributed by atoms with Crippen molar-refractivity contribution >= 4 is 5.97 Å². The van der Waals surface area contributed by atoms with E-state index in [1.165, 1.54) is 4.68 Å². The fourth-order valence-corrected chi connectivity index (χ4v) is 3.71. The van der Waals surface area contributed by atoms with Crippen molar-refractivity contribution in [3.05, 3.63) is 57.5 Å². The van der Waals surface area contributed by atoms with Crippen molar-refractivity contribution < 1.29 is 14.3 Å². The molecule has 2 heterocycles. The molecule has 1 aliphatic heterocycles. The fraction of sp³-hybridized carbons (Fsp3) is 0.478. The fourth-order valence-electron chi connectivity index (χ4n) is 3.71. The second-order valence-electron chi connectivity index (χ2n) is 8.62. The van der Waals surface area contributed by atoms with Crippen LogP contribution in [0.2, 0.25) is 0 Å². The van der Waals surface area contributed by atoms with E-state index < -0.39 is 11.2 Å². The number of benzene rings is 1. The number of nitriles is 1. The van der Waals surface area contributed by atoms with E-state index >= 15 is 0 Å². The standard InChI is InChI=1S/C23H28N4O4/c1-23(2,3)31-21(28)15-26-11-5-6-20(26)19-12-17(13-24)22(29)27(25-19)14-16-7-9-18(30-4)10-8-16/h7-10,12,20H,5-6,11,14-15H2,1-4H3. The Labute approximate surface area is 182 Å². The Kier molecular flexibility index (Phi) is 6.76. The Morgan fingerprint density at radius 3 is 2.61 bits per heavy atom. The molecule has 0 amide bonds. The van der Waals surface area contributed by atoms with Gasteiger partial charge in [-0.05, 0) is 63.9 Å². The SMILES string of the molecule is COc1ccc(Cn2nc(C3CCCN3CC(=O)OC(C)(C)C)cc(C#N)c2=O)cc1. The maximum Gasteiger partial charge on any atom is 0.320 e. The minimum absolute atomic E-state index is 0.0441. The molecule has 8 nitrogen and oxygen atoms in total. The molecule has 1 atom stereocenters. The van der Waals surface area contributed by atoms with Crippen molar-refractivity contribution in [1.82, 2.24) is 14.7 Å². The van der Waals surface area contributed by atoms with Gasteiger partial charge in [0.2, 0.25) is 0 Å². The summed E-state index contributed by atoms with van der Waals surface area (Å²) in [5.74, 6) is 0.422. The predicted molar refractivity (Wildman–Crippen MR) is 115 cm³/mol. The molecule has 164 valence electrons. The molecule has 0 bridgehead atoms. The van der Waals surface area contributed by atoms with Gasteiger partial charge < -0.3 is 9.47 Å². The van der Waals surface area contributed by atoms with Gasteiger partial charge in [0.05, 0.1) is 31.9 Å². The van der Waals surface area contributed by atoms with Crippen molar-refractivity contribution in [1.29, 1.82) is 5.26 Å². The number of carbonyl (C=O) groups is 1.